The van der Waals surface area contributed by atoms with Crippen molar-refractivity contribution in [1.82, 2.24) is 19.3 Å². The fraction of sp³-hybridized carbons (Fsp3) is 0.400. The third-order valence-corrected chi connectivity index (χ3v) is 6.90. The molecule has 1 saturated carbocycles. The van der Waals surface area contributed by atoms with E-state index < -0.39 is 10.0 Å². The maximum Gasteiger partial charge on any atom is 0.246 e. The highest BCUT2D eigenvalue weighted by molar-refractivity contribution is 7.89. The number of nitrogen functional groups attached to an aromatic ring is 1. The second kappa shape index (κ2) is 7.89. The van der Waals surface area contributed by atoms with Crippen LogP contribution in [0.1, 0.15) is 43.7 Å². The molecule has 1 fully saturated rings. The monoisotopic (exact) mass is 399 g/mol. The number of nitrogens with two attached hydrogens (primary N) is 1. The molecule has 3 N–H and O–H groups in total. The first kappa shape index (κ1) is 18.9. The van der Waals surface area contributed by atoms with Gasteiger partial charge in [0.2, 0.25) is 10.0 Å². The van der Waals surface area contributed by atoms with E-state index >= 15 is 0 Å². The summed E-state index contributed by atoms with van der Waals surface area (Å²) in [7, 11) is -3.80. The van der Waals surface area contributed by atoms with Gasteiger partial charge in [-0.3, -0.25) is 0 Å². The first-order valence-electron chi connectivity index (χ1n) is 9.72. The van der Waals surface area contributed by atoms with E-state index in [9.17, 15) is 8.42 Å². The van der Waals surface area contributed by atoms with Gasteiger partial charge in [-0.1, -0.05) is 49.6 Å². The van der Waals surface area contributed by atoms with Crippen molar-refractivity contribution in [3.8, 4) is 0 Å². The van der Waals surface area contributed by atoms with Crippen molar-refractivity contribution >= 4 is 27.0 Å². The second-order valence-corrected chi connectivity index (χ2v) is 8.94. The van der Waals surface area contributed by atoms with E-state index in [1.54, 1.807) is 6.20 Å². The zero-order valence-electron chi connectivity index (χ0n) is 15.7. The number of hydrogen-bond donors (Lipinski definition) is 2. The van der Waals surface area contributed by atoms with Gasteiger partial charge < -0.3 is 10.3 Å². The molecule has 0 saturated heterocycles. The highest BCUT2D eigenvalue weighted by Gasteiger charge is 2.30. The lowest BCUT2D eigenvalue weighted by Crippen LogP contribution is -2.27. The van der Waals surface area contributed by atoms with Crippen molar-refractivity contribution < 1.29 is 8.42 Å². The summed E-state index contributed by atoms with van der Waals surface area (Å²) >= 11 is 0. The number of aromatic nitrogens is 3. The number of fused-ring (bicyclic) bond motifs is 1. The van der Waals surface area contributed by atoms with Crippen LogP contribution in [0.25, 0.3) is 11.2 Å². The number of rotatable bonds is 6. The molecule has 0 aliphatic heterocycles. The molecule has 0 bridgehead atoms. The van der Waals surface area contributed by atoms with Gasteiger partial charge in [-0.05, 0) is 24.8 Å². The average molecular weight is 400 g/mol. The molecular formula is C20H25N5O2S. The molecule has 1 aliphatic rings. The lowest BCUT2D eigenvalue weighted by Gasteiger charge is -2.24. The molecule has 0 atom stereocenters. The molecule has 0 amide bonds. The van der Waals surface area contributed by atoms with Crippen LogP contribution in [-0.4, -0.2) is 29.5 Å². The maximum atomic E-state index is 13.1. The summed E-state index contributed by atoms with van der Waals surface area (Å²) in [6, 6.07) is 9.94. The Hall–Kier alpha value is -2.45. The summed E-state index contributed by atoms with van der Waals surface area (Å²) < 4.78 is 30.7. The van der Waals surface area contributed by atoms with Crippen LogP contribution in [0.4, 0.5) is 5.82 Å². The van der Waals surface area contributed by atoms with Crippen molar-refractivity contribution in [2.45, 2.75) is 49.5 Å². The van der Waals surface area contributed by atoms with Gasteiger partial charge >= 0.3 is 0 Å². The fourth-order valence-corrected chi connectivity index (χ4v) is 5.32. The Morgan fingerprint density at radius 1 is 1.07 bits per heavy atom. The van der Waals surface area contributed by atoms with Gasteiger partial charge in [-0.2, -0.15) is 0 Å². The molecule has 4 rings (SSSR count). The van der Waals surface area contributed by atoms with E-state index in [1.807, 2.05) is 34.9 Å². The van der Waals surface area contributed by atoms with E-state index in [4.69, 9.17) is 5.73 Å². The minimum Gasteiger partial charge on any atom is -0.384 e. The van der Waals surface area contributed by atoms with E-state index in [0.29, 0.717) is 24.1 Å². The Kier molecular flexibility index (Phi) is 5.32. The van der Waals surface area contributed by atoms with Crippen molar-refractivity contribution in [1.29, 1.82) is 0 Å². The number of sulfonamides is 1. The smallest absolute Gasteiger partial charge is 0.246 e. The molecule has 7 nitrogen and oxygen atoms in total. The molecule has 2 aromatic heterocycles. The quantitative estimate of drug-likeness (QED) is 0.663. The molecule has 0 spiro atoms. The van der Waals surface area contributed by atoms with Crippen LogP contribution in [-0.2, 0) is 16.4 Å². The molecule has 8 heteroatoms. The SMILES string of the molecule is Nc1c(S(=O)(=O)NCCc2ccccc2)c2nccnc2n1C1CCCCC1. The maximum absolute atomic E-state index is 13.1. The zero-order valence-corrected chi connectivity index (χ0v) is 16.5. The normalized spacial score (nSPS) is 15.9. The van der Waals surface area contributed by atoms with Gasteiger partial charge in [0, 0.05) is 25.0 Å². The van der Waals surface area contributed by atoms with Gasteiger partial charge in [-0.25, -0.2) is 23.1 Å². The number of hydrogen-bond acceptors (Lipinski definition) is 5. The summed E-state index contributed by atoms with van der Waals surface area (Å²) in [6.07, 6.45) is 9.08. The van der Waals surface area contributed by atoms with Gasteiger partial charge in [0.15, 0.2) is 10.5 Å². The van der Waals surface area contributed by atoms with Crippen molar-refractivity contribution in [3.63, 3.8) is 0 Å². The minimum absolute atomic E-state index is 0.0502. The van der Waals surface area contributed by atoms with Gasteiger partial charge in [0.1, 0.15) is 11.3 Å². The Morgan fingerprint density at radius 2 is 1.79 bits per heavy atom. The Balaban J connectivity index is 1.66. The highest BCUT2D eigenvalue weighted by Crippen LogP contribution is 2.37. The summed E-state index contributed by atoms with van der Waals surface area (Å²) in [5, 5.41) is 0. The number of nitrogens with zero attached hydrogens (tertiary/aromatic N) is 3. The topological polar surface area (TPSA) is 103 Å². The zero-order chi connectivity index (χ0) is 19.6. The first-order valence-corrected chi connectivity index (χ1v) is 11.2. The Morgan fingerprint density at radius 3 is 2.54 bits per heavy atom. The molecule has 3 aromatic rings. The Labute approximate surface area is 165 Å². The van der Waals surface area contributed by atoms with Crippen LogP contribution in [0.5, 0.6) is 0 Å². The highest BCUT2D eigenvalue weighted by atomic mass is 32.2. The summed E-state index contributed by atoms with van der Waals surface area (Å²) in [6.45, 7) is 0.294. The molecule has 148 valence electrons. The average Bonchev–Trinajstić information content (AvgIpc) is 3.02. The lowest BCUT2D eigenvalue weighted by atomic mass is 9.95. The second-order valence-electron chi connectivity index (χ2n) is 7.24. The molecule has 2 heterocycles. The van der Waals surface area contributed by atoms with Crippen molar-refractivity contribution in [3.05, 3.63) is 48.3 Å². The van der Waals surface area contributed by atoms with Crippen LogP contribution in [0, 0.1) is 0 Å². The Bertz CT molecular complexity index is 1060. The molecule has 1 aliphatic carbocycles. The van der Waals surface area contributed by atoms with Crippen molar-refractivity contribution in [2.75, 3.05) is 12.3 Å². The van der Waals surface area contributed by atoms with Crippen LogP contribution in [0.15, 0.2) is 47.6 Å². The standard InChI is InChI=1S/C20H25N5O2S/c21-19-18(28(26,27)24-12-11-15-7-3-1-4-8-15)17-20(23-14-13-22-17)25(19)16-9-5-2-6-10-16/h1,3-4,7-8,13-14,16,24H,2,5-6,9-12,21H2. The van der Waals surface area contributed by atoms with Gasteiger partial charge in [0.25, 0.3) is 0 Å². The molecule has 28 heavy (non-hydrogen) atoms. The van der Waals surface area contributed by atoms with Crippen LogP contribution in [0.2, 0.25) is 0 Å². The van der Waals surface area contributed by atoms with Crippen molar-refractivity contribution in [2.24, 2.45) is 0 Å². The number of nitrogens with one attached hydrogen (secondary N) is 1. The van der Waals surface area contributed by atoms with E-state index in [0.717, 1.165) is 31.2 Å². The van der Waals surface area contributed by atoms with Crippen LogP contribution >= 0.6 is 0 Å². The lowest BCUT2D eigenvalue weighted by molar-refractivity contribution is 0.362. The largest absolute Gasteiger partial charge is 0.384 e. The van der Waals surface area contributed by atoms with E-state index in [2.05, 4.69) is 14.7 Å². The third-order valence-electron chi connectivity index (χ3n) is 5.37. The van der Waals surface area contributed by atoms with Crippen LogP contribution in [0.3, 0.4) is 0 Å². The predicted molar refractivity (Wildman–Crippen MR) is 109 cm³/mol. The molecule has 0 unspecified atom stereocenters. The minimum atomic E-state index is -3.80. The van der Waals surface area contributed by atoms with E-state index in [1.165, 1.54) is 12.6 Å². The summed E-state index contributed by atoms with van der Waals surface area (Å²) in [5.41, 5.74) is 8.35. The third kappa shape index (κ3) is 3.62. The van der Waals surface area contributed by atoms with Crippen LogP contribution < -0.4 is 10.5 Å². The van der Waals surface area contributed by atoms with Gasteiger partial charge in [0.05, 0.1) is 0 Å². The number of benzene rings is 1. The first-order chi connectivity index (χ1) is 13.6. The molecule has 1 aromatic carbocycles. The summed E-state index contributed by atoms with van der Waals surface area (Å²) in [4.78, 5) is 8.77. The van der Waals surface area contributed by atoms with E-state index in [-0.39, 0.29) is 16.8 Å². The fourth-order valence-electron chi connectivity index (χ4n) is 4.03. The number of anilines is 1. The molecule has 0 radical (unpaired) electrons. The molecular weight excluding hydrogens is 374 g/mol. The summed E-state index contributed by atoms with van der Waals surface area (Å²) in [5.74, 6) is 0.236. The van der Waals surface area contributed by atoms with Gasteiger partial charge in [-0.15, -0.1) is 0 Å². The predicted octanol–water partition coefficient (Wildman–Crippen LogP) is 3.04.